The van der Waals surface area contributed by atoms with E-state index in [0.29, 0.717) is 19.6 Å². The van der Waals surface area contributed by atoms with Gasteiger partial charge in [-0.25, -0.2) is 0 Å². The highest BCUT2D eigenvalue weighted by molar-refractivity contribution is 5.49. The van der Waals surface area contributed by atoms with E-state index in [2.05, 4.69) is 16.2 Å². The van der Waals surface area contributed by atoms with Gasteiger partial charge in [-0.05, 0) is 23.8 Å². The number of aromatic nitrogens is 1. The van der Waals surface area contributed by atoms with Crippen molar-refractivity contribution in [3.63, 3.8) is 0 Å². The molecule has 0 spiro atoms. The SMILES string of the molecule is C#CCCOc1ccc(CNc2cnccc2CO)cc1. The Morgan fingerprint density at radius 1 is 1.24 bits per heavy atom. The average Bonchev–Trinajstić information content (AvgIpc) is 2.54. The van der Waals surface area contributed by atoms with Gasteiger partial charge in [0.1, 0.15) is 5.75 Å². The third-order valence-corrected chi connectivity index (χ3v) is 3.00. The van der Waals surface area contributed by atoms with Gasteiger partial charge in [0.05, 0.1) is 25.1 Å². The van der Waals surface area contributed by atoms with Crippen molar-refractivity contribution in [2.75, 3.05) is 11.9 Å². The molecule has 0 aliphatic heterocycles. The number of aliphatic hydroxyl groups excluding tert-OH is 1. The summed E-state index contributed by atoms with van der Waals surface area (Å²) in [5.74, 6) is 3.35. The quantitative estimate of drug-likeness (QED) is 0.605. The van der Waals surface area contributed by atoms with Crippen LogP contribution in [0, 0.1) is 12.3 Å². The zero-order valence-corrected chi connectivity index (χ0v) is 11.7. The highest BCUT2D eigenvalue weighted by atomic mass is 16.5. The van der Waals surface area contributed by atoms with Gasteiger partial charge in [0.2, 0.25) is 0 Å². The lowest BCUT2D eigenvalue weighted by Gasteiger charge is -2.10. The molecular weight excluding hydrogens is 264 g/mol. The Balaban J connectivity index is 1.90. The molecule has 0 unspecified atom stereocenters. The van der Waals surface area contributed by atoms with Gasteiger partial charge < -0.3 is 15.2 Å². The van der Waals surface area contributed by atoms with E-state index in [9.17, 15) is 5.11 Å². The van der Waals surface area contributed by atoms with Crippen molar-refractivity contribution in [2.45, 2.75) is 19.6 Å². The number of ether oxygens (including phenoxy) is 1. The van der Waals surface area contributed by atoms with Gasteiger partial charge in [-0.1, -0.05) is 12.1 Å². The predicted molar refractivity (Wildman–Crippen MR) is 82.9 cm³/mol. The van der Waals surface area contributed by atoms with Gasteiger partial charge >= 0.3 is 0 Å². The number of hydrogen-bond donors (Lipinski definition) is 2. The molecule has 0 aliphatic carbocycles. The lowest BCUT2D eigenvalue weighted by atomic mass is 10.2. The Bertz CT molecular complexity index is 603. The maximum absolute atomic E-state index is 9.26. The fraction of sp³-hybridized carbons (Fsp3) is 0.235. The molecule has 1 aromatic heterocycles. The number of benzene rings is 1. The summed E-state index contributed by atoms with van der Waals surface area (Å²) in [6.07, 6.45) is 9.16. The summed E-state index contributed by atoms with van der Waals surface area (Å²) in [6.45, 7) is 1.18. The summed E-state index contributed by atoms with van der Waals surface area (Å²) in [6, 6.07) is 9.62. The Morgan fingerprint density at radius 2 is 2.05 bits per heavy atom. The van der Waals surface area contributed by atoms with Crippen LogP contribution in [0.5, 0.6) is 5.75 Å². The molecule has 2 aromatic rings. The largest absolute Gasteiger partial charge is 0.493 e. The molecule has 2 rings (SSSR count). The molecule has 0 bridgehead atoms. The summed E-state index contributed by atoms with van der Waals surface area (Å²) in [7, 11) is 0. The first-order valence-electron chi connectivity index (χ1n) is 6.76. The van der Waals surface area contributed by atoms with Crippen molar-refractivity contribution in [3.8, 4) is 18.1 Å². The van der Waals surface area contributed by atoms with Crippen molar-refractivity contribution in [1.82, 2.24) is 4.98 Å². The normalized spacial score (nSPS) is 9.90. The minimum absolute atomic E-state index is 0.00713. The number of nitrogens with one attached hydrogen (secondary N) is 1. The van der Waals surface area contributed by atoms with Crippen LogP contribution in [-0.4, -0.2) is 16.7 Å². The first kappa shape index (κ1) is 14.9. The zero-order chi connectivity index (χ0) is 14.9. The second kappa shape index (κ2) is 7.93. The summed E-state index contributed by atoms with van der Waals surface area (Å²) in [5.41, 5.74) is 2.79. The molecule has 0 fully saturated rings. The van der Waals surface area contributed by atoms with E-state index in [1.807, 2.05) is 24.3 Å². The van der Waals surface area contributed by atoms with Crippen LogP contribution < -0.4 is 10.1 Å². The van der Waals surface area contributed by atoms with Crippen molar-refractivity contribution < 1.29 is 9.84 Å². The molecule has 108 valence electrons. The molecule has 1 aromatic carbocycles. The maximum Gasteiger partial charge on any atom is 0.119 e. The lowest BCUT2D eigenvalue weighted by molar-refractivity contribution is 0.282. The lowest BCUT2D eigenvalue weighted by Crippen LogP contribution is -2.03. The summed E-state index contributed by atoms with van der Waals surface area (Å²) in [5, 5.41) is 12.5. The number of aliphatic hydroxyl groups is 1. The standard InChI is InChI=1S/C17H18N2O2/c1-2-3-10-21-16-6-4-14(5-7-16)11-19-17-12-18-9-8-15(17)13-20/h1,4-9,12,19-20H,3,10-11,13H2. The number of rotatable bonds is 7. The monoisotopic (exact) mass is 282 g/mol. The third kappa shape index (κ3) is 4.51. The van der Waals surface area contributed by atoms with Gasteiger partial charge in [-0.2, -0.15) is 0 Å². The van der Waals surface area contributed by atoms with Crippen LogP contribution in [0.15, 0.2) is 42.7 Å². The highest BCUT2D eigenvalue weighted by Crippen LogP contribution is 2.16. The Kier molecular flexibility index (Phi) is 5.62. The number of pyridine rings is 1. The molecule has 0 atom stereocenters. The molecular formula is C17H18N2O2. The molecule has 4 nitrogen and oxygen atoms in total. The van der Waals surface area contributed by atoms with E-state index in [0.717, 1.165) is 22.6 Å². The van der Waals surface area contributed by atoms with Gasteiger partial charge in [0.15, 0.2) is 0 Å². The van der Waals surface area contributed by atoms with E-state index >= 15 is 0 Å². The number of hydrogen-bond acceptors (Lipinski definition) is 4. The van der Waals surface area contributed by atoms with E-state index in [-0.39, 0.29) is 6.61 Å². The molecule has 2 N–H and O–H groups in total. The first-order valence-corrected chi connectivity index (χ1v) is 6.76. The molecule has 0 saturated heterocycles. The summed E-state index contributed by atoms with van der Waals surface area (Å²) in [4.78, 5) is 4.05. The zero-order valence-electron chi connectivity index (χ0n) is 11.7. The summed E-state index contributed by atoms with van der Waals surface area (Å²) >= 11 is 0. The Labute approximate surface area is 124 Å². The fourth-order valence-corrected chi connectivity index (χ4v) is 1.85. The van der Waals surface area contributed by atoms with Crippen LogP contribution in [-0.2, 0) is 13.2 Å². The van der Waals surface area contributed by atoms with Crippen molar-refractivity contribution >= 4 is 5.69 Å². The second-order valence-corrected chi connectivity index (χ2v) is 4.49. The van der Waals surface area contributed by atoms with Crippen molar-refractivity contribution in [1.29, 1.82) is 0 Å². The number of anilines is 1. The maximum atomic E-state index is 9.26. The Hall–Kier alpha value is -2.51. The average molecular weight is 282 g/mol. The minimum Gasteiger partial charge on any atom is -0.493 e. The van der Waals surface area contributed by atoms with Crippen LogP contribution in [0.25, 0.3) is 0 Å². The van der Waals surface area contributed by atoms with Gasteiger partial charge in [-0.3, -0.25) is 4.98 Å². The Morgan fingerprint density at radius 3 is 2.76 bits per heavy atom. The van der Waals surface area contributed by atoms with Crippen LogP contribution in [0.3, 0.4) is 0 Å². The predicted octanol–water partition coefficient (Wildman–Crippen LogP) is 2.59. The number of terminal acetylenes is 1. The van der Waals surface area contributed by atoms with Crippen LogP contribution in [0.1, 0.15) is 17.5 Å². The molecule has 0 radical (unpaired) electrons. The molecule has 0 amide bonds. The molecule has 21 heavy (non-hydrogen) atoms. The summed E-state index contributed by atoms with van der Waals surface area (Å²) < 4.78 is 5.49. The van der Waals surface area contributed by atoms with Gasteiger partial charge in [0, 0.05) is 24.7 Å². The van der Waals surface area contributed by atoms with Crippen LogP contribution in [0.4, 0.5) is 5.69 Å². The minimum atomic E-state index is -0.00713. The number of nitrogens with zero attached hydrogens (tertiary/aromatic N) is 1. The van der Waals surface area contributed by atoms with Gasteiger partial charge in [-0.15, -0.1) is 12.3 Å². The fourth-order valence-electron chi connectivity index (χ4n) is 1.85. The molecule has 4 heteroatoms. The highest BCUT2D eigenvalue weighted by Gasteiger charge is 2.01. The van der Waals surface area contributed by atoms with Crippen molar-refractivity contribution in [2.24, 2.45) is 0 Å². The molecule has 0 aliphatic rings. The van der Waals surface area contributed by atoms with Crippen LogP contribution in [0.2, 0.25) is 0 Å². The van der Waals surface area contributed by atoms with E-state index < -0.39 is 0 Å². The third-order valence-electron chi connectivity index (χ3n) is 3.00. The van der Waals surface area contributed by atoms with Crippen LogP contribution >= 0.6 is 0 Å². The van der Waals surface area contributed by atoms with E-state index in [1.165, 1.54) is 0 Å². The smallest absolute Gasteiger partial charge is 0.119 e. The topological polar surface area (TPSA) is 54.4 Å². The molecule has 0 saturated carbocycles. The van der Waals surface area contributed by atoms with E-state index in [4.69, 9.17) is 11.2 Å². The van der Waals surface area contributed by atoms with Crippen molar-refractivity contribution in [3.05, 3.63) is 53.9 Å². The van der Waals surface area contributed by atoms with E-state index in [1.54, 1.807) is 18.5 Å². The first-order chi connectivity index (χ1) is 10.3. The second-order valence-electron chi connectivity index (χ2n) is 4.49. The van der Waals surface area contributed by atoms with Gasteiger partial charge in [0.25, 0.3) is 0 Å². The molecule has 1 heterocycles.